The zero-order chi connectivity index (χ0) is 12.3. The topological polar surface area (TPSA) is 52.7 Å². The number of nitrogens with zero attached hydrogens (tertiary/aromatic N) is 2. The Balaban J connectivity index is 1.90. The van der Waals surface area contributed by atoms with Crippen LogP contribution in [0.15, 0.2) is 0 Å². The van der Waals surface area contributed by atoms with Gasteiger partial charge in [-0.2, -0.15) is 4.31 Å². The highest BCUT2D eigenvalue weighted by Crippen LogP contribution is 2.13. The van der Waals surface area contributed by atoms with Crippen LogP contribution in [0.5, 0.6) is 0 Å². The van der Waals surface area contributed by atoms with Gasteiger partial charge in [-0.05, 0) is 32.9 Å². The van der Waals surface area contributed by atoms with Crippen LogP contribution in [-0.4, -0.2) is 68.7 Å². The zero-order valence-corrected chi connectivity index (χ0v) is 11.4. The van der Waals surface area contributed by atoms with Gasteiger partial charge in [0.15, 0.2) is 0 Å². The summed E-state index contributed by atoms with van der Waals surface area (Å²) in [5, 5.41) is 3.15. The van der Waals surface area contributed by atoms with Crippen LogP contribution >= 0.6 is 0 Å². The minimum Gasteiger partial charge on any atom is -0.313 e. The first-order valence-electron chi connectivity index (χ1n) is 6.56. The van der Waals surface area contributed by atoms with Crippen molar-refractivity contribution in [1.29, 1.82) is 0 Å². The SMILES string of the molecule is CCS(=O)(=O)N(CCN1CCCC1)C1CNC1. The van der Waals surface area contributed by atoms with Gasteiger partial charge in [0, 0.05) is 32.2 Å². The van der Waals surface area contributed by atoms with Crippen molar-refractivity contribution in [2.45, 2.75) is 25.8 Å². The molecule has 0 unspecified atom stereocenters. The molecule has 2 fully saturated rings. The second-order valence-corrected chi connectivity index (χ2v) is 7.08. The molecular weight excluding hydrogens is 238 g/mol. The molecule has 0 spiro atoms. The van der Waals surface area contributed by atoms with Gasteiger partial charge in [-0.1, -0.05) is 0 Å². The quantitative estimate of drug-likeness (QED) is 0.714. The van der Waals surface area contributed by atoms with E-state index in [0.717, 1.165) is 32.7 Å². The summed E-state index contributed by atoms with van der Waals surface area (Å²) >= 11 is 0. The van der Waals surface area contributed by atoms with Crippen LogP contribution < -0.4 is 5.32 Å². The minimum atomic E-state index is -3.05. The Labute approximate surface area is 104 Å². The van der Waals surface area contributed by atoms with Crippen molar-refractivity contribution in [3.63, 3.8) is 0 Å². The van der Waals surface area contributed by atoms with E-state index in [9.17, 15) is 8.42 Å². The van der Waals surface area contributed by atoms with E-state index in [-0.39, 0.29) is 11.8 Å². The van der Waals surface area contributed by atoms with E-state index in [1.807, 2.05) is 0 Å². The number of hydrogen-bond donors (Lipinski definition) is 1. The molecule has 2 rings (SSSR count). The normalized spacial score (nSPS) is 23.2. The summed E-state index contributed by atoms with van der Waals surface area (Å²) in [6.07, 6.45) is 2.51. The monoisotopic (exact) mass is 261 g/mol. The van der Waals surface area contributed by atoms with Crippen LogP contribution in [0.4, 0.5) is 0 Å². The Bertz CT molecular complexity index is 335. The first kappa shape index (κ1) is 13.3. The fourth-order valence-corrected chi connectivity index (χ4v) is 3.73. The standard InChI is InChI=1S/C11H23N3O2S/c1-2-17(15,16)14(11-9-12-10-11)8-7-13-5-3-4-6-13/h11-12H,2-10H2,1H3. The Morgan fingerprint density at radius 1 is 1.29 bits per heavy atom. The minimum absolute atomic E-state index is 0.183. The molecule has 0 amide bonds. The van der Waals surface area contributed by atoms with Gasteiger partial charge in [-0.15, -0.1) is 0 Å². The largest absolute Gasteiger partial charge is 0.313 e. The van der Waals surface area contributed by atoms with Gasteiger partial charge >= 0.3 is 0 Å². The fourth-order valence-electron chi connectivity index (χ4n) is 2.44. The molecular formula is C11H23N3O2S. The summed E-state index contributed by atoms with van der Waals surface area (Å²) in [5.41, 5.74) is 0. The molecule has 6 heteroatoms. The van der Waals surface area contributed by atoms with Crippen molar-refractivity contribution in [2.24, 2.45) is 0 Å². The van der Waals surface area contributed by atoms with Crippen LogP contribution in [0.1, 0.15) is 19.8 Å². The number of rotatable bonds is 6. The van der Waals surface area contributed by atoms with Crippen molar-refractivity contribution in [1.82, 2.24) is 14.5 Å². The van der Waals surface area contributed by atoms with Gasteiger partial charge < -0.3 is 10.2 Å². The Kier molecular flexibility index (Phi) is 4.41. The summed E-state index contributed by atoms with van der Waals surface area (Å²) in [4.78, 5) is 2.37. The van der Waals surface area contributed by atoms with Gasteiger partial charge in [-0.25, -0.2) is 8.42 Å². The first-order valence-corrected chi connectivity index (χ1v) is 8.17. The van der Waals surface area contributed by atoms with E-state index in [1.165, 1.54) is 12.8 Å². The molecule has 0 aromatic rings. The molecule has 0 aromatic carbocycles. The molecule has 0 radical (unpaired) electrons. The van der Waals surface area contributed by atoms with Gasteiger partial charge in [0.25, 0.3) is 0 Å². The van der Waals surface area contributed by atoms with Gasteiger partial charge in [0.2, 0.25) is 10.0 Å². The molecule has 100 valence electrons. The Morgan fingerprint density at radius 3 is 2.41 bits per heavy atom. The van der Waals surface area contributed by atoms with E-state index in [4.69, 9.17) is 0 Å². The maximum absolute atomic E-state index is 12.0. The maximum atomic E-state index is 12.0. The van der Waals surface area contributed by atoms with Gasteiger partial charge in [-0.3, -0.25) is 0 Å². The molecule has 0 aromatic heterocycles. The third kappa shape index (κ3) is 3.19. The highest BCUT2D eigenvalue weighted by Gasteiger charge is 2.32. The molecule has 2 aliphatic heterocycles. The van der Waals surface area contributed by atoms with Crippen LogP contribution in [-0.2, 0) is 10.0 Å². The first-order chi connectivity index (χ1) is 8.13. The third-order valence-corrected chi connectivity index (χ3v) is 5.65. The van der Waals surface area contributed by atoms with Crippen LogP contribution in [0.2, 0.25) is 0 Å². The molecule has 0 aliphatic carbocycles. The van der Waals surface area contributed by atoms with Crippen LogP contribution in [0.25, 0.3) is 0 Å². The smallest absolute Gasteiger partial charge is 0.214 e. The van der Waals surface area contributed by atoms with Crippen molar-refractivity contribution in [3.8, 4) is 0 Å². The fraction of sp³-hybridized carbons (Fsp3) is 1.00. The second-order valence-electron chi connectivity index (χ2n) is 4.87. The maximum Gasteiger partial charge on any atom is 0.214 e. The average Bonchev–Trinajstić information content (AvgIpc) is 2.73. The number of sulfonamides is 1. The van der Waals surface area contributed by atoms with E-state index in [2.05, 4.69) is 10.2 Å². The molecule has 17 heavy (non-hydrogen) atoms. The lowest BCUT2D eigenvalue weighted by molar-refractivity contribution is 0.214. The molecule has 0 atom stereocenters. The predicted molar refractivity (Wildman–Crippen MR) is 68.5 cm³/mol. The van der Waals surface area contributed by atoms with Crippen molar-refractivity contribution >= 4 is 10.0 Å². The highest BCUT2D eigenvalue weighted by molar-refractivity contribution is 7.89. The predicted octanol–water partition coefficient (Wildman–Crippen LogP) is -0.294. The lowest BCUT2D eigenvalue weighted by Gasteiger charge is -2.37. The van der Waals surface area contributed by atoms with Gasteiger partial charge in [0.05, 0.1) is 5.75 Å². The van der Waals surface area contributed by atoms with Crippen LogP contribution in [0.3, 0.4) is 0 Å². The summed E-state index contributed by atoms with van der Waals surface area (Å²) in [6, 6.07) is 0.183. The summed E-state index contributed by atoms with van der Waals surface area (Å²) in [5.74, 6) is 0.212. The van der Waals surface area contributed by atoms with E-state index in [1.54, 1.807) is 11.2 Å². The number of hydrogen-bond acceptors (Lipinski definition) is 4. The summed E-state index contributed by atoms with van der Waals surface area (Å²) < 4.78 is 25.7. The van der Waals surface area contributed by atoms with E-state index < -0.39 is 10.0 Å². The Morgan fingerprint density at radius 2 is 1.94 bits per heavy atom. The van der Waals surface area contributed by atoms with Crippen LogP contribution in [0, 0.1) is 0 Å². The molecule has 0 bridgehead atoms. The lowest BCUT2D eigenvalue weighted by Crippen LogP contribution is -2.60. The number of nitrogens with one attached hydrogen (secondary N) is 1. The van der Waals surface area contributed by atoms with Crippen molar-refractivity contribution < 1.29 is 8.42 Å². The third-order valence-electron chi connectivity index (χ3n) is 3.72. The van der Waals surface area contributed by atoms with Crippen molar-refractivity contribution in [3.05, 3.63) is 0 Å². The van der Waals surface area contributed by atoms with Crippen molar-refractivity contribution in [2.75, 3.05) is 45.0 Å². The summed E-state index contributed by atoms with van der Waals surface area (Å²) in [7, 11) is -3.05. The van der Waals surface area contributed by atoms with Gasteiger partial charge in [0.1, 0.15) is 0 Å². The average molecular weight is 261 g/mol. The molecule has 5 nitrogen and oxygen atoms in total. The number of likely N-dealkylation sites (tertiary alicyclic amines) is 1. The molecule has 2 saturated heterocycles. The molecule has 1 N–H and O–H groups in total. The highest BCUT2D eigenvalue weighted by atomic mass is 32.2. The molecule has 0 saturated carbocycles. The molecule has 2 aliphatic rings. The molecule has 2 heterocycles. The Hall–Kier alpha value is -0.170. The van der Waals surface area contributed by atoms with E-state index >= 15 is 0 Å². The zero-order valence-electron chi connectivity index (χ0n) is 10.6. The lowest BCUT2D eigenvalue weighted by atomic mass is 10.2. The second kappa shape index (κ2) is 5.65. The van der Waals surface area contributed by atoms with E-state index in [0.29, 0.717) is 6.54 Å². The summed E-state index contributed by atoms with van der Waals surface area (Å²) in [6.45, 7) is 7.13.